The van der Waals surface area contributed by atoms with Crippen molar-refractivity contribution < 1.29 is 14.3 Å². The van der Waals surface area contributed by atoms with Gasteiger partial charge in [-0.25, -0.2) is 4.79 Å². The molecule has 1 heterocycles. The van der Waals surface area contributed by atoms with Crippen LogP contribution in [0.2, 0.25) is 0 Å². The Morgan fingerprint density at radius 1 is 1.00 bits per heavy atom. The van der Waals surface area contributed by atoms with Gasteiger partial charge >= 0.3 is 6.03 Å². The van der Waals surface area contributed by atoms with Crippen molar-refractivity contribution in [1.29, 1.82) is 0 Å². The lowest BCUT2D eigenvalue weighted by atomic mass is 10.1. The zero-order valence-electron chi connectivity index (χ0n) is 17.8. The van der Waals surface area contributed by atoms with E-state index in [2.05, 4.69) is 55.3 Å². The van der Waals surface area contributed by atoms with Crippen molar-refractivity contribution in [1.82, 2.24) is 10.2 Å². The van der Waals surface area contributed by atoms with Gasteiger partial charge in [-0.05, 0) is 56.2 Å². The Balaban J connectivity index is 1.41. The van der Waals surface area contributed by atoms with Crippen LogP contribution in [0.1, 0.15) is 16.7 Å². The van der Waals surface area contributed by atoms with Gasteiger partial charge in [0.15, 0.2) is 0 Å². The lowest BCUT2D eigenvalue weighted by molar-refractivity contribution is 0.191. The first-order chi connectivity index (χ1) is 14.0. The van der Waals surface area contributed by atoms with E-state index in [1.54, 1.807) is 7.11 Å². The highest BCUT2D eigenvalue weighted by Gasteiger charge is 2.21. The molecule has 1 saturated heterocycles. The van der Waals surface area contributed by atoms with Crippen LogP contribution in [0.15, 0.2) is 36.4 Å². The number of anilines is 1. The molecule has 0 aromatic heterocycles. The number of hydrogen-bond acceptors (Lipinski definition) is 4. The van der Waals surface area contributed by atoms with Crippen molar-refractivity contribution in [2.24, 2.45) is 0 Å². The van der Waals surface area contributed by atoms with Crippen LogP contribution in [-0.2, 0) is 0 Å². The Morgan fingerprint density at radius 2 is 1.62 bits per heavy atom. The van der Waals surface area contributed by atoms with Crippen LogP contribution in [0.4, 0.5) is 10.5 Å². The van der Waals surface area contributed by atoms with Gasteiger partial charge in [0.25, 0.3) is 0 Å². The van der Waals surface area contributed by atoms with Gasteiger partial charge in [0.05, 0.1) is 13.7 Å². The molecule has 1 N–H and O–H groups in total. The van der Waals surface area contributed by atoms with Crippen LogP contribution in [0.3, 0.4) is 0 Å². The third kappa shape index (κ3) is 5.34. The molecule has 0 atom stereocenters. The van der Waals surface area contributed by atoms with Crippen LogP contribution >= 0.6 is 0 Å². The van der Waals surface area contributed by atoms with Crippen LogP contribution < -0.4 is 19.7 Å². The number of methoxy groups -OCH3 is 1. The van der Waals surface area contributed by atoms with Gasteiger partial charge in [0.1, 0.15) is 18.1 Å². The third-order valence-corrected chi connectivity index (χ3v) is 5.23. The predicted octanol–water partition coefficient (Wildman–Crippen LogP) is 3.53. The van der Waals surface area contributed by atoms with E-state index in [0.29, 0.717) is 26.2 Å². The number of rotatable bonds is 6. The fraction of sp³-hybridized carbons (Fsp3) is 0.435. The zero-order valence-corrected chi connectivity index (χ0v) is 17.8. The summed E-state index contributed by atoms with van der Waals surface area (Å²) < 4.78 is 11.1. The molecule has 0 saturated carbocycles. The molecule has 0 radical (unpaired) electrons. The summed E-state index contributed by atoms with van der Waals surface area (Å²) in [6.45, 7) is 10.2. The molecule has 6 nitrogen and oxygen atoms in total. The van der Waals surface area contributed by atoms with Crippen molar-refractivity contribution in [3.05, 3.63) is 53.1 Å². The summed E-state index contributed by atoms with van der Waals surface area (Å²) in [6, 6.07) is 12.2. The summed E-state index contributed by atoms with van der Waals surface area (Å²) in [4.78, 5) is 16.6. The van der Waals surface area contributed by atoms with Gasteiger partial charge in [-0.1, -0.05) is 17.7 Å². The van der Waals surface area contributed by atoms with E-state index in [9.17, 15) is 4.79 Å². The fourth-order valence-electron chi connectivity index (χ4n) is 3.78. The number of ether oxygens (including phenoxy) is 2. The molecular weight excluding hydrogens is 366 g/mol. The molecule has 1 aliphatic rings. The first kappa shape index (κ1) is 20.8. The number of aryl methyl sites for hydroxylation is 3. The van der Waals surface area contributed by atoms with Crippen LogP contribution in [0.5, 0.6) is 11.5 Å². The Kier molecular flexibility index (Phi) is 6.86. The second kappa shape index (κ2) is 9.54. The van der Waals surface area contributed by atoms with Gasteiger partial charge in [0.2, 0.25) is 0 Å². The first-order valence-corrected chi connectivity index (χ1v) is 10.1. The maximum absolute atomic E-state index is 12.4. The minimum Gasteiger partial charge on any atom is -0.497 e. The Morgan fingerprint density at radius 3 is 2.21 bits per heavy atom. The largest absolute Gasteiger partial charge is 0.497 e. The zero-order chi connectivity index (χ0) is 20.8. The molecular formula is C23H31N3O3. The normalized spacial score (nSPS) is 13.9. The third-order valence-electron chi connectivity index (χ3n) is 5.23. The molecule has 3 rings (SSSR count). The number of carbonyl (C=O) groups is 1. The summed E-state index contributed by atoms with van der Waals surface area (Å²) in [7, 11) is 1.67. The van der Waals surface area contributed by atoms with E-state index in [1.165, 1.54) is 5.56 Å². The minimum atomic E-state index is -0.0275. The number of amides is 2. The number of nitrogens with zero attached hydrogens (tertiary/aromatic N) is 2. The monoisotopic (exact) mass is 397 g/mol. The molecule has 2 aromatic rings. The second-order valence-corrected chi connectivity index (χ2v) is 7.48. The summed E-state index contributed by atoms with van der Waals surface area (Å²) in [5, 5.41) is 2.97. The number of benzene rings is 2. The van der Waals surface area contributed by atoms with Gasteiger partial charge in [-0.2, -0.15) is 0 Å². The SMILES string of the molecule is COc1ccc(N2CCN(C(=O)NCCOc3c(C)cc(C)cc3C)CC2)cc1. The van der Waals surface area contributed by atoms with Crippen LogP contribution in [-0.4, -0.2) is 57.4 Å². The highest BCUT2D eigenvalue weighted by molar-refractivity contribution is 5.74. The predicted molar refractivity (Wildman–Crippen MR) is 116 cm³/mol. The molecule has 0 unspecified atom stereocenters. The molecule has 0 aliphatic carbocycles. The smallest absolute Gasteiger partial charge is 0.317 e. The van der Waals surface area contributed by atoms with Crippen molar-refractivity contribution in [2.75, 3.05) is 51.3 Å². The van der Waals surface area contributed by atoms with E-state index >= 15 is 0 Å². The lowest BCUT2D eigenvalue weighted by Gasteiger charge is -2.36. The molecule has 0 bridgehead atoms. The fourth-order valence-corrected chi connectivity index (χ4v) is 3.78. The maximum Gasteiger partial charge on any atom is 0.317 e. The first-order valence-electron chi connectivity index (χ1n) is 10.1. The van der Waals surface area contributed by atoms with E-state index in [0.717, 1.165) is 41.4 Å². The quantitative estimate of drug-likeness (QED) is 0.758. The molecule has 29 heavy (non-hydrogen) atoms. The van der Waals surface area contributed by atoms with Crippen molar-refractivity contribution in [2.45, 2.75) is 20.8 Å². The van der Waals surface area contributed by atoms with E-state index in [4.69, 9.17) is 9.47 Å². The molecule has 1 aliphatic heterocycles. The second-order valence-electron chi connectivity index (χ2n) is 7.48. The molecule has 2 amide bonds. The average Bonchev–Trinajstić information content (AvgIpc) is 2.72. The number of carbonyl (C=O) groups excluding carboxylic acids is 1. The lowest BCUT2D eigenvalue weighted by Crippen LogP contribution is -2.52. The van der Waals surface area contributed by atoms with Crippen molar-refractivity contribution in [3.63, 3.8) is 0 Å². The van der Waals surface area contributed by atoms with Crippen molar-refractivity contribution >= 4 is 11.7 Å². The molecule has 2 aromatic carbocycles. The molecule has 6 heteroatoms. The van der Waals surface area contributed by atoms with Crippen LogP contribution in [0, 0.1) is 20.8 Å². The number of hydrogen-bond donors (Lipinski definition) is 1. The van der Waals surface area contributed by atoms with E-state index in [-0.39, 0.29) is 6.03 Å². The van der Waals surface area contributed by atoms with Gasteiger partial charge in [-0.3, -0.25) is 0 Å². The highest BCUT2D eigenvalue weighted by atomic mass is 16.5. The van der Waals surface area contributed by atoms with Crippen molar-refractivity contribution in [3.8, 4) is 11.5 Å². The molecule has 156 valence electrons. The summed E-state index contributed by atoms with van der Waals surface area (Å²) >= 11 is 0. The summed E-state index contributed by atoms with van der Waals surface area (Å²) in [5.74, 6) is 1.77. The average molecular weight is 398 g/mol. The van der Waals surface area contributed by atoms with Crippen LogP contribution in [0.25, 0.3) is 0 Å². The minimum absolute atomic E-state index is 0.0275. The van der Waals surface area contributed by atoms with E-state index < -0.39 is 0 Å². The van der Waals surface area contributed by atoms with Gasteiger partial charge < -0.3 is 24.6 Å². The topological polar surface area (TPSA) is 54.0 Å². The Labute approximate surface area is 173 Å². The standard InChI is InChI=1S/C23H31N3O3/c1-17-15-18(2)22(19(3)16-17)29-14-9-24-23(27)26-12-10-25(11-13-26)20-5-7-21(28-4)8-6-20/h5-8,15-16H,9-14H2,1-4H3,(H,24,27). The summed E-state index contributed by atoms with van der Waals surface area (Å²) in [5.41, 5.74) is 4.64. The molecule has 1 fully saturated rings. The molecule has 0 spiro atoms. The maximum atomic E-state index is 12.4. The Hall–Kier alpha value is -2.89. The number of nitrogens with one attached hydrogen (secondary N) is 1. The summed E-state index contributed by atoms with van der Waals surface area (Å²) in [6.07, 6.45) is 0. The highest BCUT2D eigenvalue weighted by Crippen LogP contribution is 2.24. The van der Waals surface area contributed by atoms with E-state index in [1.807, 2.05) is 17.0 Å². The van der Waals surface area contributed by atoms with Gasteiger partial charge in [0, 0.05) is 31.9 Å². The number of urea groups is 1. The number of piperazine rings is 1. The Bertz CT molecular complexity index is 805. The van der Waals surface area contributed by atoms with Gasteiger partial charge in [-0.15, -0.1) is 0 Å².